The molecule has 3 rings (SSSR count). The molecule has 9 heteroatoms. The van der Waals surface area contributed by atoms with Gasteiger partial charge < -0.3 is 15.0 Å². The topological polar surface area (TPSA) is 102 Å². The van der Waals surface area contributed by atoms with E-state index in [1.807, 2.05) is 0 Å². The van der Waals surface area contributed by atoms with Gasteiger partial charge in [-0.05, 0) is 36.2 Å². The maximum atomic E-state index is 12.4. The second kappa shape index (κ2) is 7.63. The van der Waals surface area contributed by atoms with E-state index in [-0.39, 0.29) is 24.6 Å². The molecule has 0 unspecified atom stereocenters. The molecule has 0 spiro atoms. The first kappa shape index (κ1) is 18.7. The Hall–Kier alpha value is -3.13. The van der Waals surface area contributed by atoms with Crippen LogP contribution in [0.1, 0.15) is 12.0 Å². The highest BCUT2D eigenvalue weighted by Gasteiger charge is 2.27. The number of carbonyl (C=O) groups is 2. The molecule has 27 heavy (non-hydrogen) atoms. The summed E-state index contributed by atoms with van der Waals surface area (Å²) in [6.45, 7) is -0.201. The fraction of sp³-hybridized carbons (Fsp3) is 0.222. The third-order valence-electron chi connectivity index (χ3n) is 4.21. The van der Waals surface area contributed by atoms with Crippen molar-refractivity contribution in [2.24, 2.45) is 0 Å². The van der Waals surface area contributed by atoms with Crippen molar-refractivity contribution in [1.29, 1.82) is 0 Å². The molecule has 0 aromatic heterocycles. The van der Waals surface area contributed by atoms with E-state index in [0.717, 1.165) is 0 Å². The summed E-state index contributed by atoms with van der Waals surface area (Å²) in [5.74, 6) is -0.133. The highest BCUT2D eigenvalue weighted by molar-refractivity contribution is 6.32. The van der Waals surface area contributed by atoms with E-state index in [9.17, 15) is 19.7 Å². The lowest BCUT2D eigenvalue weighted by atomic mass is 10.0. The van der Waals surface area contributed by atoms with Gasteiger partial charge in [0.1, 0.15) is 12.3 Å². The fourth-order valence-electron chi connectivity index (χ4n) is 2.92. The standard InChI is InChI=1S/C18H16ClN3O5/c1-27-16-6-3-12(9-14(16)19)20-17(23)10-21-15-5-4-13(22(25)26)8-11(15)2-7-18(21)24/h3-6,8-9H,2,7,10H2,1H3,(H,20,23). The number of methoxy groups -OCH3 is 1. The molecule has 1 aliphatic rings. The number of hydrogen-bond donors (Lipinski definition) is 1. The van der Waals surface area contributed by atoms with Crippen molar-refractivity contribution < 1.29 is 19.2 Å². The normalized spacial score (nSPS) is 13.1. The van der Waals surface area contributed by atoms with Crippen LogP contribution in [0.5, 0.6) is 5.75 Å². The number of nitro benzene ring substituents is 1. The van der Waals surface area contributed by atoms with Crippen LogP contribution in [0.15, 0.2) is 36.4 Å². The van der Waals surface area contributed by atoms with Crippen LogP contribution in [0, 0.1) is 10.1 Å². The Morgan fingerprint density at radius 2 is 2.07 bits per heavy atom. The number of nitrogens with zero attached hydrogens (tertiary/aromatic N) is 2. The molecule has 0 saturated carbocycles. The number of rotatable bonds is 5. The van der Waals surface area contributed by atoms with E-state index in [1.165, 1.54) is 30.2 Å². The van der Waals surface area contributed by atoms with Gasteiger partial charge in [-0.1, -0.05) is 11.6 Å². The van der Waals surface area contributed by atoms with E-state index >= 15 is 0 Å². The number of anilines is 2. The lowest BCUT2D eigenvalue weighted by molar-refractivity contribution is -0.384. The van der Waals surface area contributed by atoms with Crippen LogP contribution in [0.3, 0.4) is 0 Å². The molecule has 0 saturated heterocycles. The molecule has 2 aromatic rings. The van der Waals surface area contributed by atoms with Crippen molar-refractivity contribution in [3.8, 4) is 5.75 Å². The lowest BCUT2D eigenvalue weighted by Crippen LogP contribution is -2.40. The zero-order valence-corrected chi connectivity index (χ0v) is 15.2. The summed E-state index contributed by atoms with van der Waals surface area (Å²) >= 11 is 6.04. The van der Waals surface area contributed by atoms with Crippen molar-refractivity contribution in [3.63, 3.8) is 0 Å². The Kier molecular flexibility index (Phi) is 5.27. The van der Waals surface area contributed by atoms with Gasteiger partial charge in [0.25, 0.3) is 5.69 Å². The third-order valence-corrected chi connectivity index (χ3v) is 4.51. The van der Waals surface area contributed by atoms with Gasteiger partial charge in [-0.15, -0.1) is 0 Å². The molecular formula is C18H16ClN3O5. The number of nitro groups is 1. The average Bonchev–Trinajstić information content (AvgIpc) is 2.63. The van der Waals surface area contributed by atoms with Crippen LogP contribution in [-0.4, -0.2) is 30.4 Å². The number of nitrogens with one attached hydrogen (secondary N) is 1. The van der Waals surface area contributed by atoms with Crippen LogP contribution in [0.25, 0.3) is 0 Å². The largest absolute Gasteiger partial charge is 0.495 e. The smallest absolute Gasteiger partial charge is 0.269 e. The van der Waals surface area contributed by atoms with Crippen molar-refractivity contribution >= 4 is 40.5 Å². The van der Waals surface area contributed by atoms with Crippen LogP contribution >= 0.6 is 11.6 Å². The fourth-order valence-corrected chi connectivity index (χ4v) is 3.18. The predicted molar refractivity (Wildman–Crippen MR) is 100 cm³/mol. The molecule has 8 nitrogen and oxygen atoms in total. The first-order valence-electron chi connectivity index (χ1n) is 8.10. The van der Waals surface area contributed by atoms with Gasteiger partial charge in [-0.25, -0.2) is 0 Å². The average molecular weight is 390 g/mol. The zero-order chi connectivity index (χ0) is 19.6. The highest BCUT2D eigenvalue weighted by atomic mass is 35.5. The van der Waals surface area contributed by atoms with Crippen molar-refractivity contribution in [2.45, 2.75) is 12.8 Å². The van der Waals surface area contributed by atoms with Crippen LogP contribution in [-0.2, 0) is 16.0 Å². The van der Waals surface area contributed by atoms with Gasteiger partial charge >= 0.3 is 0 Å². The minimum Gasteiger partial charge on any atom is -0.495 e. The molecule has 1 heterocycles. The predicted octanol–water partition coefficient (Wildman–Crippen LogP) is 3.17. The van der Waals surface area contributed by atoms with Crippen molar-refractivity contribution in [2.75, 3.05) is 23.9 Å². The van der Waals surface area contributed by atoms with E-state index < -0.39 is 10.8 Å². The first-order valence-corrected chi connectivity index (χ1v) is 8.48. The number of benzene rings is 2. The Morgan fingerprint density at radius 3 is 2.74 bits per heavy atom. The number of amides is 2. The number of fused-ring (bicyclic) bond motifs is 1. The maximum absolute atomic E-state index is 12.4. The molecular weight excluding hydrogens is 374 g/mol. The molecule has 1 N–H and O–H groups in total. The highest BCUT2D eigenvalue weighted by Crippen LogP contribution is 2.31. The van der Waals surface area contributed by atoms with Gasteiger partial charge in [-0.2, -0.15) is 0 Å². The van der Waals surface area contributed by atoms with Gasteiger partial charge in [0.2, 0.25) is 11.8 Å². The lowest BCUT2D eigenvalue weighted by Gasteiger charge is -2.28. The van der Waals surface area contributed by atoms with Gasteiger partial charge in [0, 0.05) is 29.9 Å². The quantitative estimate of drug-likeness (QED) is 0.625. The summed E-state index contributed by atoms with van der Waals surface area (Å²) in [5, 5.41) is 14.0. The molecule has 0 fully saturated rings. The van der Waals surface area contributed by atoms with E-state index in [1.54, 1.807) is 18.2 Å². The minimum atomic E-state index is -0.485. The molecule has 1 aliphatic heterocycles. The summed E-state index contributed by atoms with van der Waals surface area (Å²) in [5.41, 5.74) is 1.61. The molecule has 140 valence electrons. The Balaban J connectivity index is 1.77. The minimum absolute atomic E-state index is 0.0413. The Morgan fingerprint density at radius 1 is 1.30 bits per heavy atom. The molecule has 0 bridgehead atoms. The summed E-state index contributed by atoms with van der Waals surface area (Å²) < 4.78 is 5.06. The van der Waals surface area contributed by atoms with E-state index in [2.05, 4.69) is 5.32 Å². The zero-order valence-electron chi connectivity index (χ0n) is 14.4. The van der Waals surface area contributed by atoms with E-state index in [0.29, 0.717) is 34.1 Å². The van der Waals surface area contributed by atoms with Crippen LogP contribution < -0.4 is 15.0 Å². The molecule has 2 aromatic carbocycles. The second-order valence-corrected chi connectivity index (χ2v) is 6.35. The van der Waals surface area contributed by atoms with Crippen molar-refractivity contribution in [1.82, 2.24) is 0 Å². The van der Waals surface area contributed by atoms with Gasteiger partial charge in [-0.3, -0.25) is 19.7 Å². The maximum Gasteiger partial charge on any atom is 0.269 e. The molecule has 2 amide bonds. The second-order valence-electron chi connectivity index (χ2n) is 5.95. The SMILES string of the molecule is COc1ccc(NC(=O)CN2C(=O)CCc3cc([N+](=O)[O-])ccc32)cc1Cl. The van der Waals surface area contributed by atoms with Crippen molar-refractivity contribution in [3.05, 3.63) is 57.1 Å². The number of ether oxygens (including phenoxy) is 1. The third kappa shape index (κ3) is 4.01. The molecule has 0 atom stereocenters. The number of halogens is 1. The van der Waals surface area contributed by atoms with Gasteiger partial charge in [0.05, 0.1) is 17.1 Å². The first-order chi connectivity index (χ1) is 12.9. The Labute approximate surface area is 159 Å². The van der Waals surface area contributed by atoms with Crippen LogP contribution in [0.4, 0.5) is 17.1 Å². The summed E-state index contributed by atoms with van der Waals surface area (Å²) in [6, 6.07) is 9.08. The number of non-ortho nitro benzene ring substituents is 1. The number of carbonyl (C=O) groups excluding carboxylic acids is 2. The van der Waals surface area contributed by atoms with E-state index in [4.69, 9.17) is 16.3 Å². The van der Waals surface area contributed by atoms with Gasteiger partial charge in [0.15, 0.2) is 0 Å². The number of aryl methyl sites for hydroxylation is 1. The summed E-state index contributed by atoms with van der Waals surface area (Å²) in [4.78, 5) is 36.4. The van der Waals surface area contributed by atoms with Crippen LogP contribution in [0.2, 0.25) is 5.02 Å². The number of hydrogen-bond acceptors (Lipinski definition) is 5. The molecule has 0 radical (unpaired) electrons. The summed E-state index contributed by atoms with van der Waals surface area (Å²) in [6.07, 6.45) is 0.595. The Bertz CT molecular complexity index is 931. The summed E-state index contributed by atoms with van der Waals surface area (Å²) in [7, 11) is 1.49. The molecule has 0 aliphatic carbocycles. The monoisotopic (exact) mass is 389 g/mol.